The Kier molecular flexibility index (Phi) is 2.98. The smallest absolute Gasteiger partial charge is 0.143 e. The summed E-state index contributed by atoms with van der Waals surface area (Å²) in [5, 5.41) is 9.92. The number of allylic oxidation sites excluding steroid dienone is 3. The van der Waals surface area contributed by atoms with Crippen LogP contribution < -0.4 is 17.2 Å². The fraction of sp³-hybridized carbons (Fsp3) is 0.455. The van der Waals surface area contributed by atoms with Crippen molar-refractivity contribution in [3.63, 3.8) is 0 Å². The highest BCUT2D eigenvalue weighted by Crippen LogP contribution is 2.33. The topological polar surface area (TPSA) is 98.3 Å². The lowest BCUT2D eigenvalue weighted by molar-refractivity contribution is 0.395. The van der Waals surface area contributed by atoms with Crippen LogP contribution in [0.3, 0.4) is 0 Å². The second-order valence-electron chi connectivity index (χ2n) is 4.16. The molecule has 0 aromatic heterocycles. The maximum Gasteiger partial charge on any atom is 0.143 e. The van der Waals surface area contributed by atoms with Gasteiger partial charge in [-0.1, -0.05) is 12.5 Å². The summed E-state index contributed by atoms with van der Waals surface area (Å²) in [6, 6.07) is 0. The third-order valence-corrected chi connectivity index (χ3v) is 2.77. The molecule has 1 atom stereocenters. The van der Waals surface area contributed by atoms with Crippen LogP contribution in [0.15, 0.2) is 34.0 Å². The van der Waals surface area contributed by atoms with E-state index in [-0.39, 0.29) is 11.7 Å². The molecule has 0 aliphatic heterocycles. The minimum atomic E-state index is 0.0774. The quantitative estimate of drug-likeness (QED) is 0.522. The molecule has 7 N–H and O–H groups in total. The summed E-state index contributed by atoms with van der Waals surface area (Å²) in [5.74, 6) is 0.230. The molecule has 4 heteroatoms. The zero-order chi connectivity index (χ0) is 11.7. The second-order valence-corrected chi connectivity index (χ2v) is 4.16. The normalized spacial score (nSPS) is 24.3. The minimum Gasteiger partial charge on any atom is -0.505 e. The Balaban J connectivity index is 3.31. The molecule has 1 aliphatic carbocycles. The first kappa shape index (κ1) is 11.5. The van der Waals surface area contributed by atoms with Crippen molar-refractivity contribution in [2.75, 3.05) is 0 Å². The van der Waals surface area contributed by atoms with E-state index >= 15 is 0 Å². The van der Waals surface area contributed by atoms with Crippen molar-refractivity contribution >= 4 is 0 Å². The van der Waals surface area contributed by atoms with E-state index < -0.39 is 0 Å². The zero-order valence-corrected chi connectivity index (χ0v) is 9.46. The molecule has 0 bridgehead atoms. The molecule has 0 aromatic carbocycles. The van der Waals surface area contributed by atoms with Gasteiger partial charge in [-0.3, -0.25) is 0 Å². The number of hydrogen-bond acceptors (Lipinski definition) is 4. The Bertz CT molecular complexity index is 373. The van der Waals surface area contributed by atoms with E-state index in [0.717, 1.165) is 12.0 Å². The van der Waals surface area contributed by atoms with Crippen molar-refractivity contribution in [1.82, 2.24) is 0 Å². The molecule has 4 nitrogen and oxygen atoms in total. The van der Waals surface area contributed by atoms with Crippen molar-refractivity contribution in [3.05, 3.63) is 34.0 Å². The molecule has 1 unspecified atom stereocenters. The standard InChI is InChI=1S/C11H19N3O/c1-5-4-6(2)9(13)11(15)8(5)10(14)7(3)12/h6,15H,4,12-14H2,1-3H3/b10-7-. The van der Waals surface area contributed by atoms with E-state index in [1.807, 2.05) is 13.8 Å². The molecular formula is C11H19N3O. The van der Waals surface area contributed by atoms with Gasteiger partial charge in [0.2, 0.25) is 0 Å². The first-order valence-electron chi connectivity index (χ1n) is 4.97. The molecule has 0 spiro atoms. The largest absolute Gasteiger partial charge is 0.505 e. The zero-order valence-electron chi connectivity index (χ0n) is 9.46. The summed E-state index contributed by atoms with van der Waals surface area (Å²) in [5.41, 5.74) is 20.3. The summed E-state index contributed by atoms with van der Waals surface area (Å²) >= 11 is 0. The lowest BCUT2D eigenvalue weighted by Gasteiger charge is -2.24. The number of nitrogens with two attached hydrogens (primary N) is 3. The van der Waals surface area contributed by atoms with Gasteiger partial charge in [0.25, 0.3) is 0 Å². The Morgan fingerprint density at radius 2 is 1.93 bits per heavy atom. The molecule has 0 radical (unpaired) electrons. The number of aliphatic hydroxyl groups is 1. The monoisotopic (exact) mass is 209 g/mol. The molecule has 0 amide bonds. The van der Waals surface area contributed by atoms with Crippen molar-refractivity contribution in [2.45, 2.75) is 27.2 Å². The number of rotatable bonds is 1. The highest BCUT2D eigenvalue weighted by Gasteiger charge is 2.24. The predicted molar refractivity (Wildman–Crippen MR) is 61.4 cm³/mol. The van der Waals surface area contributed by atoms with Crippen LogP contribution in [0.1, 0.15) is 27.2 Å². The minimum absolute atomic E-state index is 0.0774. The first-order chi connectivity index (χ1) is 6.86. The van der Waals surface area contributed by atoms with Crippen molar-refractivity contribution in [1.29, 1.82) is 0 Å². The van der Waals surface area contributed by atoms with Gasteiger partial charge in [-0.05, 0) is 20.3 Å². The summed E-state index contributed by atoms with van der Waals surface area (Å²) in [6.45, 7) is 5.61. The van der Waals surface area contributed by atoms with Crippen LogP contribution in [0.4, 0.5) is 0 Å². The maximum absolute atomic E-state index is 9.92. The van der Waals surface area contributed by atoms with Gasteiger partial charge in [0.05, 0.1) is 11.4 Å². The number of hydrogen-bond donors (Lipinski definition) is 4. The molecule has 1 aliphatic rings. The number of aliphatic hydroxyl groups excluding tert-OH is 1. The van der Waals surface area contributed by atoms with Crippen molar-refractivity contribution in [3.8, 4) is 0 Å². The molecule has 1 rings (SSSR count). The van der Waals surface area contributed by atoms with Gasteiger partial charge < -0.3 is 22.3 Å². The average Bonchev–Trinajstić information content (AvgIpc) is 2.14. The average molecular weight is 209 g/mol. The van der Waals surface area contributed by atoms with Crippen LogP contribution in [-0.4, -0.2) is 5.11 Å². The maximum atomic E-state index is 9.92. The van der Waals surface area contributed by atoms with E-state index in [2.05, 4.69) is 0 Å². The van der Waals surface area contributed by atoms with Crippen molar-refractivity contribution < 1.29 is 5.11 Å². The van der Waals surface area contributed by atoms with Gasteiger partial charge >= 0.3 is 0 Å². The highest BCUT2D eigenvalue weighted by molar-refractivity contribution is 5.50. The van der Waals surface area contributed by atoms with Crippen LogP contribution >= 0.6 is 0 Å². The van der Waals surface area contributed by atoms with Crippen LogP contribution in [0, 0.1) is 5.92 Å². The molecule has 0 saturated carbocycles. The van der Waals surface area contributed by atoms with Crippen LogP contribution in [0.5, 0.6) is 0 Å². The molecule has 0 fully saturated rings. The molecular weight excluding hydrogens is 190 g/mol. The lowest BCUT2D eigenvalue weighted by Crippen LogP contribution is -2.22. The molecule has 0 heterocycles. The lowest BCUT2D eigenvalue weighted by atomic mass is 9.86. The van der Waals surface area contributed by atoms with E-state index in [1.165, 1.54) is 0 Å². The fourth-order valence-corrected chi connectivity index (χ4v) is 1.81. The second kappa shape index (κ2) is 3.88. The van der Waals surface area contributed by atoms with Gasteiger partial charge in [-0.15, -0.1) is 0 Å². The molecule has 15 heavy (non-hydrogen) atoms. The summed E-state index contributed by atoms with van der Waals surface area (Å²) in [4.78, 5) is 0. The van der Waals surface area contributed by atoms with Gasteiger partial charge in [0.15, 0.2) is 0 Å². The van der Waals surface area contributed by atoms with Crippen LogP contribution in [-0.2, 0) is 0 Å². The summed E-state index contributed by atoms with van der Waals surface area (Å²) in [6.07, 6.45) is 0.805. The predicted octanol–water partition coefficient (Wildman–Crippen LogP) is 1.22. The first-order valence-corrected chi connectivity index (χ1v) is 4.97. The van der Waals surface area contributed by atoms with Crippen molar-refractivity contribution in [2.24, 2.45) is 23.1 Å². The summed E-state index contributed by atoms with van der Waals surface area (Å²) < 4.78 is 0. The molecule has 0 saturated heterocycles. The Hall–Kier alpha value is -1.58. The summed E-state index contributed by atoms with van der Waals surface area (Å²) in [7, 11) is 0. The molecule has 0 aromatic rings. The van der Waals surface area contributed by atoms with Gasteiger partial charge in [-0.25, -0.2) is 0 Å². The van der Waals surface area contributed by atoms with Crippen LogP contribution in [0.2, 0.25) is 0 Å². The van der Waals surface area contributed by atoms with Gasteiger partial charge in [0.1, 0.15) is 5.76 Å². The SMILES string of the molecule is CC1=C(/C(N)=C(\C)N)C(O)=C(N)C(C)C1. The fourth-order valence-electron chi connectivity index (χ4n) is 1.81. The van der Waals surface area contributed by atoms with E-state index in [9.17, 15) is 5.11 Å². The molecule has 84 valence electrons. The Morgan fingerprint density at radius 1 is 1.40 bits per heavy atom. The highest BCUT2D eigenvalue weighted by atomic mass is 16.3. The van der Waals surface area contributed by atoms with Crippen LogP contribution in [0.25, 0.3) is 0 Å². The van der Waals surface area contributed by atoms with E-state index in [4.69, 9.17) is 17.2 Å². The van der Waals surface area contributed by atoms with Gasteiger partial charge in [-0.2, -0.15) is 0 Å². The van der Waals surface area contributed by atoms with E-state index in [1.54, 1.807) is 6.92 Å². The third kappa shape index (κ3) is 1.93. The third-order valence-electron chi connectivity index (χ3n) is 2.77. The van der Waals surface area contributed by atoms with E-state index in [0.29, 0.717) is 22.7 Å². The Labute approximate surface area is 90.1 Å². The Morgan fingerprint density at radius 3 is 2.40 bits per heavy atom. The van der Waals surface area contributed by atoms with Gasteiger partial charge in [0, 0.05) is 17.2 Å².